The molecule has 7 nitrogen and oxygen atoms in total. The maximum atomic E-state index is 12.1. The van der Waals surface area contributed by atoms with Crippen LogP contribution in [0.4, 0.5) is 11.4 Å². The molecule has 0 aliphatic heterocycles. The van der Waals surface area contributed by atoms with E-state index in [1.165, 1.54) is 12.1 Å². The van der Waals surface area contributed by atoms with Gasteiger partial charge in [0.2, 0.25) is 0 Å². The molecule has 2 aromatic carbocycles. The molecule has 2 aromatic rings. The van der Waals surface area contributed by atoms with Gasteiger partial charge in [-0.2, -0.15) is 0 Å². The van der Waals surface area contributed by atoms with Crippen LogP contribution in [0.15, 0.2) is 36.4 Å². The van der Waals surface area contributed by atoms with E-state index in [9.17, 15) is 19.7 Å². The van der Waals surface area contributed by atoms with Crippen LogP contribution in [0.1, 0.15) is 27.0 Å². The van der Waals surface area contributed by atoms with Gasteiger partial charge in [0, 0.05) is 17.3 Å². The minimum Gasteiger partial charge on any atom is -0.452 e. The Labute approximate surface area is 144 Å². The van der Waals surface area contributed by atoms with Crippen molar-refractivity contribution in [3.63, 3.8) is 0 Å². The first-order valence-electron chi connectivity index (χ1n) is 7.58. The van der Waals surface area contributed by atoms with Crippen molar-refractivity contribution in [2.45, 2.75) is 20.8 Å². The number of hydrogen-bond acceptors (Lipinski definition) is 5. The second-order valence-electron chi connectivity index (χ2n) is 5.63. The van der Waals surface area contributed by atoms with Gasteiger partial charge in [-0.15, -0.1) is 0 Å². The molecule has 0 saturated carbocycles. The standard InChI is InChI=1S/C18H18N2O5/c1-11-5-4-6-15(13(11)3)18(22)25-10-17(21)19-14-8-7-12(2)16(9-14)20(23)24/h4-9H,10H2,1-3H3,(H,19,21). The quantitative estimate of drug-likeness (QED) is 0.510. The Balaban J connectivity index is 1.99. The molecule has 0 radical (unpaired) electrons. The van der Waals surface area contributed by atoms with E-state index in [-0.39, 0.29) is 11.4 Å². The molecule has 0 spiro atoms. The molecule has 130 valence electrons. The van der Waals surface area contributed by atoms with E-state index in [4.69, 9.17) is 4.74 Å². The second-order valence-corrected chi connectivity index (χ2v) is 5.63. The van der Waals surface area contributed by atoms with Gasteiger partial charge in [-0.05, 0) is 44.0 Å². The molecule has 0 saturated heterocycles. The Kier molecular flexibility index (Phi) is 5.49. The zero-order valence-electron chi connectivity index (χ0n) is 14.2. The molecule has 0 aliphatic rings. The molecular weight excluding hydrogens is 324 g/mol. The maximum absolute atomic E-state index is 12.1. The van der Waals surface area contributed by atoms with Crippen LogP contribution in [0.3, 0.4) is 0 Å². The van der Waals surface area contributed by atoms with Gasteiger partial charge in [0.15, 0.2) is 6.61 Å². The van der Waals surface area contributed by atoms with Crippen molar-refractivity contribution in [2.24, 2.45) is 0 Å². The molecule has 0 heterocycles. The lowest BCUT2D eigenvalue weighted by molar-refractivity contribution is -0.385. The number of nitrogens with zero attached hydrogens (tertiary/aromatic N) is 1. The molecule has 0 fully saturated rings. The van der Waals surface area contributed by atoms with Gasteiger partial charge in [0.05, 0.1) is 10.5 Å². The summed E-state index contributed by atoms with van der Waals surface area (Å²) >= 11 is 0. The molecular formula is C18H18N2O5. The van der Waals surface area contributed by atoms with Crippen molar-refractivity contribution in [1.29, 1.82) is 0 Å². The van der Waals surface area contributed by atoms with Gasteiger partial charge in [0.25, 0.3) is 11.6 Å². The zero-order valence-corrected chi connectivity index (χ0v) is 14.2. The number of anilines is 1. The first kappa shape index (κ1) is 18.1. The third-order valence-corrected chi connectivity index (χ3v) is 3.85. The summed E-state index contributed by atoms with van der Waals surface area (Å²) in [5, 5.41) is 13.4. The number of hydrogen-bond donors (Lipinski definition) is 1. The van der Waals surface area contributed by atoms with Gasteiger partial charge in [-0.25, -0.2) is 4.79 Å². The molecule has 0 bridgehead atoms. The number of rotatable bonds is 5. The zero-order chi connectivity index (χ0) is 18.6. The third kappa shape index (κ3) is 4.41. The molecule has 1 amide bonds. The van der Waals surface area contributed by atoms with Crippen LogP contribution >= 0.6 is 0 Å². The monoisotopic (exact) mass is 342 g/mol. The highest BCUT2D eigenvalue weighted by Crippen LogP contribution is 2.22. The average molecular weight is 342 g/mol. The number of nitro groups is 1. The Morgan fingerprint density at radius 3 is 2.52 bits per heavy atom. The normalized spacial score (nSPS) is 10.2. The number of nitro benzene ring substituents is 1. The Bertz CT molecular complexity index is 845. The summed E-state index contributed by atoms with van der Waals surface area (Å²) in [4.78, 5) is 34.4. The summed E-state index contributed by atoms with van der Waals surface area (Å²) in [6, 6.07) is 9.60. The Morgan fingerprint density at radius 2 is 1.84 bits per heavy atom. The number of aryl methyl sites for hydroxylation is 2. The molecule has 1 N–H and O–H groups in total. The molecule has 2 rings (SSSR count). The van der Waals surface area contributed by atoms with Crippen LogP contribution in [-0.2, 0) is 9.53 Å². The van der Waals surface area contributed by atoms with Crippen molar-refractivity contribution >= 4 is 23.3 Å². The van der Waals surface area contributed by atoms with Gasteiger partial charge in [-0.3, -0.25) is 14.9 Å². The lowest BCUT2D eigenvalue weighted by atomic mass is 10.0. The predicted molar refractivity (Wildman–Crippen MR) is 92.7 cm³/mol. The summed E-state index contributed by atoms with van der Waals surface area (Å²) in [7, 11) is 0. The Morgan fingerprint density at radius 1 is 1.12 bits per heavy atom. The first-order valence-corrected chi connectivity index (χ1v) is 7.58. The topological polar surface area (TPSA) is 98.5 Å². The summed E-state index contributed by atoms with van der Waals surface area (Å²) in [5.74, 6) is -1.16. The smallest absolute Gasteiger partial charge is 0.338 e. The highest BCUT2D eigenvalue weighted by atomic mass is 16.6. The van der Waals surface area contributed by atoms with Crippen LogP contribution in [0.2, 0.25) is 0 Å². The van der Waals surface area contributed by atoms with E-state index in [0.717, 1.165) is 11.1 Å². The summed E-state index contributed by atoms with van der Waals surface area (Å²) in [6.07, 6.45) is 0. The molecule has 7 heteroatoms. The minimum absolute atomic E-state index is 0.0924. The lowest BCUT2D eigenvalue weighted by Gasteiger charge is -2.09. The highest BCUT2D eigenvalue weighted by molar-refractivity contribution is 5.96. The lowest BCUT2D eigenvalue weighted by Crippen LogP contribution is -2.21. The number of carbonyl (C=O) groups is 2. The predicted octanol–water partition coefficient (Wildman–Crippen LogP) is 3.32. The number of amides is 1. The Hall–Kier alpha value is -3.22. The fourth-order valence-electron chi connectivity index (χ4n) is 2.26. The number of nitrogens with one attached hydrogen (secondary N) is 1. The number of benzene rings is 2. The average Bonchev–Trinajstić information content (AvgIpc) is 2.56. The van der Waals surface area contributed by atoms with E-state index in [2.05, 4.69) is 5.32 Å². The van der Waals surface area contributed by atoms with E-state index in [1.807, 2.05) is 13.0 Å². The number of esters is 1. The van der Waals surface area contributed by atoms with Gasteiger partial charge >= 0.3 is 5.97 Å². The van der Waals surface area contributed by atoms with Crippen LogP contribution < -0.4 is 5.32 Å². The van der Waals surface area contributed by atoms with Gasteiger partial charge < -0.3 is 10.1 Å². The highest BCUT2D eigenvalue weighted by Gasteiger charge is 2.15. The van der Waals surface area contributed by atoms with Crippen LogP contribution in [0.5, 0.6) is 0 Å². The van der Waals surface area contributed by atoms with E-state index < -0.39 is 23.4 Å². The number of ether oxygens (including phenoxy) is 1. The largest absolute Gasteiger partial charge is 0.452 e. The summed E-state index contributed by atoms with van der Waals surface area (Å²) in [6.45, 7) is 4.81. The SMILES string of the molecule is Cc1ccc(NC(=O)COC(=O)c2cccc(C)c2C)cc1[N+](=O)[O-]. The fourth-order valence-corrected chi connectivity index (χ4v) is 2.26. The molecule has 0 atom stereocenters. The minimum atomic E-state index is -0.591. The van der Waals surface area contributed by atoms with Crippen molar-refractivity contribution in [3.05, 3.63) is 68.8 Å². The van der Waals surface area contributed by atoms with Crippen molar-refractivity contribution < 1.29 is 19.2 Å². The van der Waals surface area contributed by atoms with E-state index in [1.54, 1.807) is 32.0 Å². The van der Waals surface area contributed by atoms with Crippen molar-refractivity contribution in [1.82, 2.24) is 0 Å². The van der Waals surface area contributed by atoms with Gasteiger partial charge in [0.1, 0.15) is 0 Å². The van der Waals surface area contributed by atoms with Crippen LogP contribution in [0.25, 0.3) is 0 Å². The summed E-state index contributed by atoms with van der Waals surface area (Å²) in [5.41, 5.74) is 2.81. The summed E-state index contributed by atoms with van der Waals surface area (Å²) < 4.78 is 5.01. The van der Waals surface area contributed by atoms with E-state index >= 15 is 0 Å². The van der Waals surface area contributed by atoms with Crippen molar-refractivity contribution in [3.8, 4) is 0 Å². The van der Waals surface area contributed by atoms with Crippen LogP contribution in [0, 0.1) is 30.9 Å². The van der Waals surface area contributed by atoms with Crippen molar-refractivity contribution in [2.75, 3.05) is 11.9 Å². The second kappa shape index (κ2) is 7.57. The van der Waals surface area contributed by atoms with Gasteiger partial charge in [-0.1, -0.05) is 18.2 Å². The van der Waals surface area contributed by atoms with Crippen LogP contribution in [-0.4, -0.2) is 23.4 Å². The van der Waals surface area contributed by atoms with E-state index in [0.29, 0.717) is 11.1 Å². The first-order chi connectivity index (χ1) is 11.8. The molecule has 25 heavy (non-hydrogen) atoms. The number of carbonyl (C=O) groups excluding carboxylic acids is 2. The molecule has 0 unspecified atom stereocenters. The third-order valence-electron chi connectivity index (χ3n) is 3.85. The molecule has 0 aromatic heterocycles. The molecule has 0 aliphatic carbocycles. The maximum Gasteiger partial charge on any atom is 0.338 e. The fraction of sp³-hybridized carbons (Fsp3) is 0.222.